The van der Waals surface area contributed by atoms with Crippen molar-refractivity contribution in [2.24, 2.45) is 4.99 Å². The van der Waals surface area contributed by atoms with Gasteiger partial charge in [0.15, 0.2) is 0 Å². The van der Waals surface area contributed by atoms with Crippen molar-refractivity contribution in [3.63, 3.8) is 0 Å². The molecule has 0 spiro atoms. The lowest BCUT2D eigenvalue weighted by Gasteiger charge is -2.17. The van der Waals surface area contributed by atoms with Gasteiger partial charge < -0.3 is 9.30 Å². The van der Waals surface area contributed by atoms with E-state index in [4.69, 9.17) is 0 Å². The monoisotopic (exact) mass is 290 g/mol. The van der Waals surface area contributed by atoms with E-state index in [2.05, 4.69) is 14.3 Å². The van der Waals surface area contributed by atoms with Gasteiger partial charge in [-0.2, -0.15) is 8.78 Å². The summed E-state index contributed by atoms with van der Waals surface area (Å²) in [7, 11) is 0. The summed E-state index contributed by atoms with van der Waals surface area (Å²) in [5, 5.41) is 0. The van der Waals surface area contributed by atoms with Crippen molar-refractivity contribution in [2.45, 2.75) is 32.9 Å². The summed E-state index contributed by atoms with van der Waals surface area (Å²) in [6, 6.07) is 8.99. The largest absolute Gasteiger partial charge is 0.435 e. The number of aromatic nitrogens is 1. The molecule has 0 N–H and O–H groups in total. The van der Waals surface area contributed by atoms with Crippen LogP contribution in [0.5, 0.6) is 5.75 Å². The number of nitrogens with zero attached hydrogens (tertiary/aromatic N) is 2. The maximum Gasteiger partial charge on any atom is 0.387 e. The first kappa shape index (κ1) is 13.8. The number of aryl methyl sites for hydroxylation is 1. The lowest BCUT2D eigenvalue weighted by molar-refractivity contribution is -0.0504. The number of rotatable bonds is 4. The second-order valence-electron chi connectivity index (χ2n) is 5.19. The molecule has 2 heterocycles. The summed E-state index contributed by atoms with van der Waals surface area (Å²) in [5.74, 6) is 1.18. The van der Waals surface area contributed by atoms with Crippen molar-refractivity contribution in [1.82, 2.24) is 4.57 Å². The number of fused-ring (bicyclic) bond motifs is 1. The Morgan fingerprint density at radius 2 is 2.00 bits per heavy atom. The third-order valence-corrected chi connectivity index (χ3v) is 3.78. The van der Waals surface area contributed by atoms with Gasteiger partial charge in [0.2, 0.25) is 0 Å². The molecule has 1 unspecified atom stereocenters. The molecule has 0 fully saturated rings. The molecule has 0 amide bonds. The highest BCUT2D eigenvalue weighted by Gasteiger charge is 2.26. The molecule has 0 radical (unpaired) electrons. The van der Waals surface area contributed by atoms with E-state index in [1.807, 2.05) is 38.2 Å². The number of hydrogen-bond acceptors (Lipinski definition) is 2. The van der Waals surface area contributed by atoms with Gasteiger partial charge in [-0.05, 0) is 37.1 Å². The number of alkyl halides is 2. The van der Waals surface area contributed by atoms with E-state index < -0.39 is 6.61 Å². The third kappa shape index (κ3) is 2.55. The molecule has 0 saturated heterocycles. The van der Waals surface area contributed by atoms with Gasteiger partial charge in [0.25, 0.3) is 0 Å². The Labute approximate surface area is 121 Å². The first-order valence-electron chi connectivity index (χ1n) is 6.81. The van der Waals surface area contributed by atoms with Gasteiger partial charge in [0, 0.05) is 18.3 Å². The van der Waals surface area contributed by atoms with E-state index in [0.717, 1.165) is 22.7 Å². The molecule has 3 nitrogen and oxygen atoms in total. The quantitative estimate of drug-likeness (QED) is 0.825. The van der Waals surface area contributed by atoms with Crippen molar-refractivity contribution in [3.8, 4) is 5.75 Å². The minimum atomic E-state index is -2.81. The SMILES string of the molecule is CC1=Nc2c(C)ccn2C1Cc1ccccc1OC(F)F. The van der Waals surface area contributed by atoms with E-state index in [0.29, 0.717) is 6.42 Å². The van der Waals surface area contributed by atoms with E-state index >= 15 is 0 Å². The molecule has 1 aromatic carbocycles. The predicted octanol–water partition coefficient (Wildman–Crippen LogP) is 4.29. The van der Waals surface area contributed by atoms with E-state index in [1.54, 1.807) is 12.1 Å². The highest BCUT2D eigenvalue weighted by molar-refractivity contribution is 5.91. The molecule has 21 heavy (non-hydrogen) atoms. The average molecular weight is 290 g/mol. The molecular weight excluding hydrogens is 274 g/mol. The minimum Gasteiger partial charge on any atom is -0.435 e. The topological polar surface area (TPSA) is 26.5 Å². The highest BCUT2D eigenvalue weighted by atomic mass is 19.3. The Kier molecular flexibility index (Phi) is 3.49. The van der Waals surface area contributed by atoms with Crippen LogP contribution in [-0.2, 0) is 6.42 Å². The van der Waals surface area contributed by atoms with Crippen LogP contribution in [0.25, 0.3) is 0 Å². The van der Waals surface area contributed by atoms with Crippen molar-refractivity contribution in [3.05, 3.63) is 47.7 Å². The minimum absolute atomic E-state index is 0.0520. The predicted molar refractivity (Wildman–Crippen MR) is 77.8 cm³/mol. The maximum atomic E-state index is 12.5. The van der Waals surface area contributed by atoms with Crippen LogP contribution in [0.15, 0.2) is 41.5 Å². The van der Waals surface area contributed by atoms with Gasteiger partial charge in [-0.1, -0.05) is 18.2 Å². The molecule has 2 aromatic rings. The summed E-state index contributed by atoms with van der Waals surface area (Å²) in [6.07, 6.45) is 2.57. The average Bonchev–Trinajstić information content (AvgIpc) is 2.93. The second kappa shape index (κ2) is 5.31. The fourth-order valence-electron chi connectivity index (χ4n) is 2.72. The standard InChI is InChI=1S/C16H16F2N2O/c1-10-7-8-20-13(11(2)19-15(10)20)9-12-5-3-4-6-14(12)21-16(17)18/h3-8,13,16H,9H2,1-2H3. The van der Waals surface area contributed by atoms with Crippen LogP contribution in [0.1, 0.15) is 24.1 Å². The number of ether oxygens (including phenoxy) is 1. The van der Waals surface area contributed by atoms with Crippen LogP contribution in [0.2, 0.25) is 0 Å². The molecule has 0 bridgehead atoms. The van der Waals surface area contributed by atoms with Crippen LogP contribution >= 0.6 is 0 Å². The third-order valence-electron chi connectivity index (χ3n) is 3.78. The second-order valence-corrected chi connectivity index (χ2v) is 5.19. The Bertz CT molecular complexity index is 691. The highest BCUT2D eigenvalue weighted by Crippen LogP contribution is 2.35. The summed E-state index contributed by atoms with van der Waals surface area (Å²) in [6.45, 7) is 1.17. The maximum absolute atomic E-state index is 12.5. The molecule has 5 heteroatoms. The van der Waals surface area contributed by atoms with Gasteiger partial charge >= 0.3 is 6.61 Å². The molecule has 1 atom stereocenters. The Morgan fingerprint density at radius 1 is 1.24 bits per heavy atom. The molecule has 0 aliphatic carbocycles. The summed E-state index contributed by atoms with van der Waals surface area (Å²) in [4.78, 5) is 4.57. The summed E-state index contributed by atoms with van der Waals surface area (Å²) in [5.41, 5.74) is 2.87. The molecular formula is C16H16F2N2O. The Hall–Kier alpha value is -2.17. The molecule has 0 saturated carbocycles. The Morgan fingerprint density at radius 3 is 2.76 bits per heavy atom. The van der Waals surface area contributed by atoms with Gasteiger partial charge in [-0.3, -0.25) is 0 Å². The zero-order valence-electron chi connectivity index (χ0n) is 11.9. The molecule has 1 aromatic heterocycles. The lowest BCUT2D eigenvalue weighted by Crippen LogP contribution is -2.15. The zero-order chi connectivity index (χ0) is 15.0. The van der Waals surface area contributed by atoms with Crippen molar-refractivity contribution >= 4 is 11.5 Å². The first-order chi connectivity index (χ1) is 10.1. The van der Waals surface area contributed by atoms with Crippen LogP contribution in [0, 0.1) is 6.92 Å². The van der Waals surface area contributed by atoms with E-state index in [1.165, 1.54) is 0 Å². The fraction of sp³-hybridized carbons (Fsp3) is 0.312. The van der Waals surface area contributed by atoms with Crippen LogP contribution in [0.4, 0.5) is 14.6 Å². The van der Waals surface area contributed by atoms with Gasteiger partial charge in [0.05, 0.1) is 6.04 Å². The van der Waals surface area contributed by atoms with Gasteiger partial charge in [-0.15, -0.1) is 0 Å². The van der Waals surface area contributed by atoms with Crippen molar-refractivity contribution in [1.29, 1.82) is 0 Å². The molecule has 3 rings (SSSR count). The van der Waals surface area contributed by atoms with Crippen LogP contribution in [0.3, 0.4) is 0 Å². The number of benzene rings is 1. The summed E-state index contributed by atoms with van der Waals surface area (Å²) < 4.78 is 31.7. The number of hydrogen-bond donors (Lipinski definition) is 0. The van der Waals surface area contributed by atoms with Crippen LogP contribution < -0.4 is 4.74 Å². The zero-order valence-corrected chi connectivity index (χ0v) is 11.9. The number of para-hydroxylation sites is 1. The van der Waals surface area contributed by atoms with Gasteiger partial charge in [-0.25, -0.2) is 4.99 Å². The first-order valence-corrected chi connectivity index (χ1v) is 6.81. The summed E-state index contributed by atoms with van der Waals surface area (Å²) >= 11 is 0. The number of aliphatic imine (C=N–C) groups is 1. The number of halogens is 2. The molecule has 1 aliphatic rings. The van der Waals surface area contributed by atoms with Crippen molar-refractivity contribution < 1.29 is 13.5 Å². The lowest BCUT2D eigenvalue weighted by atomic mass is 10.0. The molecule has 110 valence electrons. The Balaban J connectivity index is 1.90. The van der Waals surface area contributed by atoms with E-state index in [-0.39, 0.29) is 11.8 Å². The smallest absolute Gasteiger partial charge is 0.387 e. The van der Waals surface area contributed by atoms with Crippen molar-refractivity contribution in [2.75, 3.05) is 0 Å². The van der Waals surface area contributed by atoms with Crippen LogP contribution in [-0.4, -0.2) is 16.9 Å². The van der Waals surface area contributed by atoms with Gasteiger partial charge in [0.1, 0.15) is 11.6 Å². The molecule has 1 aliphatic heterocycles. The normalized spacial score (nSPS) is 17.0. The van der Waals surface area contributed by atoms with E-state index in [9.17, 15) is 8.78 Å². The fourth-order valence-corrected chi connectivity index (χ4v) is 2.72.